The van der Waals surface area contributed by atoms with Gasteiger partial charge in [-0.25, -0.2) is 0 Å². The summed E-state index contributed by atoms with van der Waals surface area (Å²) in [5.74, 6) is 0.852. The van der Waals surface area contributed by atoms with Crippen molar-refractivity contribution in [1.29, 1.82) is 0 Å². The van der Waals surface area contributed by atoms with Crippen LogP contribution in [-0.2, 0) is 5.75 Å². The lowest BCUT2D eigenvalue weighted by atomic mass is 10.1. The monoisotopic (exact) mass is 347 g/mol. The maximum absolute atomic E-state index is 12.4. The van der Waals surface area contributed by atoms with Crippen LogP contribution >= 0.6 is 11.8 Å². The third-order valence-electron chi connectivity index (χ3n) is 4.01. The predicted octanol–water partition coefficient (Wildman–Crippen LogP) is 5.47. The van der Waals surface area contributed by atoms with Crippen molar-refractivity contribution in [2.45, 2.75) is 23.6 Å². The molecule has 3 aromatic carbocycles. The van der Waals surface area contributed by atoms with Crippen LogP contribution in [-0.4, -0.2) is 5.91 Å². The third-order valence-corrected chi connectivity index (χ3v) is 5.10. The number of carbonyl (C=O) groups excluding carboxylic acids is 1. The standard InChI is InChI=1S/C22H21NOS/c1-17(19-8-4-2-5-9-19)23-22(24)20-14-12-18(13-15-20)16-25-21-10-6-3-7-11-21/h2-15,17H,16H2,1H3,(H,23,24)/t17-/m1/s1. The molecular weight excluding hydrogens is 326 g/mol. The lowest BCUT2D eigenvalue weighted by molar-refractivity contribution is 0.0940. The largest absolute Gasteiger partial charge is 0.346 e. The first-order chi connectivity index (χ1) is 12.2. The van der Waals surface area contributed by atoms with Gasteiger partial charge in [0.2, 0.25) is 0 Å². The van der Waals surface area contributed by atoms with Crippen LogP contribution < -0.4 is 5.32 Å². The molecule has 0 fully saturated rings. The molecule has 3 rings (SSSR count). The Hall–Kier alpha value is -2.52. The zero-order valence-electron chi connectivity index (χ0n) is 14.2. The van der Waals surface area contributed by atoms with Crippen molar-refractivity contribution in [3.8, 4) is 0 Å². The quantitative estimate of drug-likeness (QED) is 0.599. The van der Waals surface area contributed by atoms with Gasteiger partial charge in [-0.3, -0.25) is 4.79 Å². The van der Waals surface area contributed by atoms with Gasteiger partial charge in [0.1, 0.15) is 0 Å². The van der Waals surface area contributed by atoms with Crippen LogP contribution in [0.3, 0.4) is 0 Å². The minimum Gasteiger partial charge on any atom is -0.346 e. The minimum atomic E-state index is -0.0429. The van der Waals surface area contributed by atoms with E-state index in [1.807, 2.05) is 79.7 Å². The molecule has 0 radical (unpaired) electrons. The maximum Gasteiger partial charge on any atom is 0.251 e. The van der Waals surface area contributed by atoms with E-state index < -0.39 is 0 Å². The molecule has 0 unspecified atom stereocenters. The lowest BCUT2D eigenvalue weighted by Crippen LogP contribution is -2.26. The van der Waals surface area contributed by atoms with Crippen molar-refractivity contribution in [3.05, 3.63) is 102 Å². The number of hydrogen-bond acceptors (Lipinski definition) is 2. The summed E-state index contributed by atoms with van der Waals surface area (Å²) in [6, 6.07) is 28.2. The molecule has 0 saturated carbocycles. The first-order valence-electron chi connectivity index (χ1n) is 8.35. The fourth-order valence-corrected chi connectivity index (χ4v) is 3.42. The summed E-state index contributed by atoms with van der Waals surface area (Å²) in [5.41, 5.74) is 3.00. The van der Waals surface area contributed by atoms with Gasteiger partial charge >= 0.3 is 0 Å². The summed E-state index contributed by atoms with van der Waals surface area (Å²) >= 11 is 1.80. The molecule has 0 aliphatic rings. The Morgan fingerprint density at radius 2 is 1.48 bits per heavy atom. The Labute approximate surface area is 153 Å². The van der Waals surface area contributed by atoms with Crippen molar-refractivity contribution in [1.82, 2.24) is 5.32 Å². The van der Waals surface area contributed by atoms with E-state index in [4.69, 9.17) is 0 Å². The van der Waals surface area contributed by atoms with Gasteiger partial charge in [-0.15, -0.1) is 11.8 Å². The van der Waals surface area contributed by atoms with Gasteiger partial charge in [0.05, 0.1) is 6.04 Å². The Bertz CT molecular complexity index is 800. The Kier molecular flexibility index (Phi) is 5.91. The highest BCUT2D eigenvalue weighted by Gasteiger charge is 2.11. The van der Waals surface area contributed by atoms with Gasteiger partial charge in [-0.05, 0) is 42.3 Å². The second-order valence-electron chi connectivity index (χ2n) is 5.90. The molecule has 25 heavy (non-hydrogen) atoms. The van der Waals surface area contributed by atoms with Gasteiger partial charge in [0.15, 0.2) is 0 Å². The molecule has 1 amide bonds. The number of rotatable bonds is 6. The molecule has 3 aromatic rings. The van der Waals surface area contributed by atoms with E-state index in [0.717, 1.165) is 11.3 Å². The van der Waals surface area contributed by atoms with Crippen molar-refractivity contribution < 1.29 is 4.79 Å². The van der Waals surface area contributed by atoms with Crippen molar-refractivity contribution in [2.24, 2.45) is 0 Å². The van der Waals surface area contributed by atoms with Crippen LogP contribution in [0, 0.1) is 0 Å². The summed E-state index contributed by atoms with van der Waals surface area (Å²) in [4.78, 5) is 13.7. The Morgan fingerprint density at radius 1 is 0.880 bits per heavy atom. The van der Waals surface area contributed by atoms with E-state index in [0.29, 0.717) is 5.56 Å². The van der Waals surface area contributed by atoms with E-state index in [2.05, 4.69) is 17.4 Å². The smallest absolute Gasteiger partial charge is 0.251 e. The molecule has 0 bridgehead atoms. The topological polar surface area (TPSA) is 29.1 Å². The molecule has 0 aliphatic carbocycles. The molecule has 1 N–H and O–H groups in total. The van der Waals surface area contributed by atoms with E-state index in [-0.39, 0.29) is 11.9 Å². The van der Waals surface area contributed by atoms with Gasteiger partial charge < -0.3 is 5.32 Å². The van der Waals surface area contributed by atoms with Crippen LogP contribution in [0.5, 0.6) is 0 Å². The summed E-state index contributed by atoms with van der Waals surface area (Å²) in [7, 11) is 0. The van der Waals surface area contributed by atoms with E-state index in [9.17, 15) is 4.79 Å². The SMILES string of the molecule is C[C@@H](NC(=O)c1ccc(CSc2ccccc2)cc1)c1ccccc1. The fraction of sp³-hybridized carbons (Fsp3) is 0.136. The predicted molar refractivity (Wildman–Crippen MR) is 105 cm³/mol. The maximum atomic E-state index is 12.4. The van der Waals surface area contributed by atoms with Crippen LogP contribution in [0.4, 0.5) is 0 Å². The highest BCUT2D eigenvalue weighted by atomic mass is 32.2. The molecule has 0 saturated heterocycles. The van der Waals surface area contributed by atoms with E-state index in [1.54, 1.807) is 11.8 Å². The molecule has 1 atom stereocenters. The summed E-state index contributed by atoms with van der Waals surface area (Å²) in [6.45, 7) is 2.00. The minimum absolute atomic E-state index is 0.0120. The number of hydrogen-bond donors (Lipinski definition) is 1. The molecule has 2 nitrogen and oxygen atoms in total. The van der Waals surface area contributed by atoms with Crippen LogP contribution in [0.1, 0.15) is 34.5 Å². The number of benzene rings is 3. The fourth-order valence-electron chi connectivity index (χ4n) is 2.54. The number of amides is 1. The van der Waals surface area contributed by atoms with Crippen LogP contribution in [0.25, 0.3) is 0 Å². The van der Waals surface area contributed by atoms with Crippen molar-refractivity contribution in [2.75, 3.05) is 0 Å². The number of nitrogens with one attached hydrogen (secondary N) is 1. The van der Waals surface area contributed by atoms with Crippen molar-refractivity contribution >= 4 is 17.7 Å². The first kappa shape index (κ1) is 17.3. The number of carbonyl (C=O) groups is 1. The van der Waals surface area contributed by atoms with Crippen molar-refractivity contribution in [3.63, 3.8) is 0 Å². The molecule has 126 valence electrons. The Morgan fingerprint density at radius 3 is 2.12 bits per heavy atom. The van der Waals surface area contributed by atoms with E-state index in [1.165, 1.54) is 10.5 Å². The van der Waals surface area contributed by atoms with Gasteiger partial charge in [0.25, 0.3) is 5.91 Å². The highest BCUT2D eigenvalue weighted by molar-refractivity contribution is 7.98. The summed E-state index contributed by atoms with van der Waals surface area (Å²) < 4.78 is 0. The first-order valence-corrected chi connectivity index (χ1v) is 9.33. The average Bonchev–Trinajstić information content (AvgIpc) is 2.68. The highest BCUT2D eigenvalue weighted by Crippen LogP contribution is 2.22. The number of thioether (sulfide) groups is 1. The van der Waals surface area contributed by atoms with Gasteiger partial charge in [0, 0.05) is 16.2 Å². The zero-order valence-corrected chi connectivity index (χ0v) is 15.0. The molecule has 0 aromatic heterocycles. The average molecular weight is 347 g/mol. The molecule has 0 heterocycles. The molecule has 0 spiro atoms. The lowest BCUT2D eigenvalue weighted by Gasteiger charge is -2.14. The second kappa shape index (κ2) is 8.54. The summed E-state index contributed by atoms with van der Waals surface area (Å²) in [6.07, 6.45) is 0. The summed E-state index contributed by atoms with van der Waals surface area (Å²) in [5, 5.41) is 3.05. The van der Waals surface area contributed by atoms with E-state index >= 15 is 0 Å². The normalized spacial score (nSPS) is 11.7. The zero-order chi connectivity index (χ0) is 17.5. The Balaban J connectivity index is 1.57. The van der Waals surface area contributed by atoms with Crippen LogP contribution in [0.2, 0.25) is 0 Å². The molecule has 0 aliphatic heterocycles. The molecule has 3 heteroatoms. The van der Waals surface area contributed by atoms with Crippen LogP contribution in [0.15, 0.2) is 89.8 Å². The van der Waals surface area contributed by atoms with Gasteiger partial charge in [-0.2, -0.15) is 0 Å². The van der Waals surface area contributed by atoms with Gasteiger partial charge in [-0.1, -0.05) is 60.7 Å². The third kappa shape index (κ3) is 4.97. The molecular formula is C22H21NOS. The second-order valence-corrected chi connectivity index (χ2v) is 6.95.